The number of aliphatic hydroxyl groups is 1. The Hall–Kier alpha value is -2.98. The zero-order valence-corrected chi connectivity index (χ0v) is 18.9. The smallest absolute Gasteiger partial charge is 0.253 e. The van der Waals surface area contributed by atoms with Crippen molar-refractivity contribution in [3.8, 4) is 0 Å². The molecule has 1 aromatic carbocycles. The Morgan fingerprint density at radius 3 is 2.30 bits per heavy atom. The van der Waals surface area contributed by atoms with Gasteiger partial charge >= 0.3 is 0 Å². The number of rotatable bonds is 8. The van der Waals surface area contributed by atoms with Crippen molar-refractivity contribution < 1.29 is 24.3 Å². The molecule has 2 heterocycles. The molecule has 0 aliphatic carbocycles. The van der Waals surface area contributed by atoms with Crippen LogP contribution in [0, 0.1) is 0 Å². The summed E-state index contributed by atoms with van der Waals surface area (Å²) < 4.78 is 0. The molecule has 6 N–H and O–H groups in total. The van der Waals surface area contributed by atoms with Gasteiger partial charge in [0.2, 0.25) is 17.7 Å². The maximum Gasteiger partial charge on any atom is 0.253 e. The number of amides is 4. The van der Waals surface area contributed by atoms with Crippen LogP contribution in [0.15, 0.2) is 30.3 Å². The molecule has 0 unspecified atom stereocenters. The third-order valence-electron chi connectivity index (χ3n) is 6.42. The van der Waals surface area contributed by atoms with Gasteiger partial charge in [0.15, 0.2) is 0 Å². The van der Waals surface area contributed by atoms with Gasteiger partial charge in [-0.3, -0.25) is 19.2 Å². The number of hydrogen-bond acceptors (Lipinski definition) is 6. The maximum absolute atomic E-state index is 13.3. The number of nitrogens with two attached hydrogens (primary N) is 2. The number of nitrogens with one attached hydrogen (secondary N) is 1. The molecule has 2 aliphatic heterocycles. The molecule has 1 aromatic rings. The van der Waals surface area contributed by atoms with Gasteiger partial charge in [-0.15, -0.1) is 0 Å². The first-order valence-corrected chi connectivity index (χ1v) is 11.4. The van der Waals surface area contributed by atoms with Crippen LogP contribution in [-0.4, -0.2) is 81.9 Å². The highest BCUT2D eigenvalue weighted by Crippen LogP contribution is 2.26. The van der Waals surface area contributed by atoms with Gasteiger partial charge in [-0.25, -0.2) is 0 Å². The largest absolute Gasteiger partial charge is 0.382 e. The molecule has 0 aromatic heterocycles. The standard InChI is InChI=1S/C23H33N5O5/c1-14(20(25)30)26-21(31)17-9-5-11-27(17)22(32)18-10-6-12-28(18)23(33)19(29)16(24)13-15-7-3-2-4-8-15/h2-4,7-8,14,16-19,29H,5-6,9-13,24H2,1H3,(H2,25,30)(H,26,31)/t14-,16+,17-,18-,19+/m1/s1. The van der Waals surface area contributed by atoms with Crippen LogP contribution in [0.3, 0.4) is 0 Å². The summed E-state index contributed by atoms with van der Waals surface area (Å²) in [4.78, 5) is 53.1. The Balaban J connectivity index is 1.65. The molecule has 2 aliphatic rings. The molecule has 5 atom stereocenters. The summed E-state index contributed by atoms with van der Waals surface area (Å²) in [5.74, 6) is -1.99. The maximum atomic E-state index is 13.3. The van der Waals surface area contributed by atoms with Gasteiger partial charge < -0.3 is 31.7 Å². The van der Waals surface area contributed by atoms with E-state index in [2.05, 4.69) is 5.32 Å². The fourth-order valence-electron chi connectivity index (χ4n) is 4.51. The van der Waals surface area contributed by atoms with Crippen molar-refractivity contribution in [1.29, 1.82) is 0 Å². The summed E-state index contributed by atoms with van der Waals surface area (Å²) in [5, 5.41) is 13.2. The van der Waals surface area contributed by atoms with E-state index in [0.717, 1.165) is 5.56 Å². The summed E-state index contributed by atoms with van der Waals surface area (Å²) in [6.45, 7) is 2.21. The number of nitrogens with zero attached hydrogens (tertiary/aromatic N) is 2. The van der Waals surface area contributed by atoms with Gasteiger partial charge in [0.05, 0.1) is 0 Å². The van der Waals surface area contributed by atoms with Crippen molar-refractivity contribution in [2.45, 2.75) is 69.3 Å². The molecular formula is C23H33N5O5. The van der Waals surface area contributed by atoms with Gasteiger partial charge in [-0.2, -0.15) is 0 Å². The summed E-state index contributed by atoms with van der Waals surface area (Å²) >= 11 is 0. The summed E-state index contributed by atoms with van der Waals surface area (Å²) in [5.41, 5.74) is 12.2. The molecule has 0 bridgehead atoms. The average molecular weight is 460 g/mol. The fourth-order valence-corrected chi connectivity index (χ4v) is 4.51. The highest BCUT2D eigenvalue weighted by atomic mass is 16.3. The van der Waals surface area contributed by atoms with Gasteiger partial charge in [-0.1, -0.05) is 30.3 Å². The van der Waals surface area contributed by atoms with Crippen molar-refractivity contribution in [2.24, 2.45) is 11.5 Å². The molecule has 33 heavy (non-hydrogen) atoms. The van der Waals surface area contributed by atoms with Gasteiger partial charge in [0.1, 0.15) is 24.2 Å². The molecular weight excluding hydrogens is 426 g/mol. The minimum Gasteiger partial charge on any atom is -0.382 e. The fraction of sp³-hybridized carbons (Fsp3) is 0.565. The van der Waals surface area contributed by atoms with E-state index in [9.17, 15) is 24.3 Å². The molecule has 3 rings (SSSR count). The number of likely N-dealkylation sites (tertiary alicyclic amines) is 2. The monoisotopic (exact) mass is 459 g/mol. The third kappa shape index (κ3) is 5.69. The van der Waals surface area contributed by atoms with Crippen molar-refractivity contribution in [3.63, 3.8) is 0 Å². The Morgan fingerprint density at radius 2 is 1.67 bits per heavy atom. The topological polar surface area (TPSA) is 159 Å². The summed E-state index contributed by atoms with van der Waals surface area (Å²) in [7, 11) is 0. The van der Waals surface area contributed by atoms with Crippen LogP contribution in [0.25, 0.3) is 0 Å². The zero-order chi connectivity index (χ0) is 24.1. The highest BCUT2D eigenvalue weighted by molar-refractivity contribution is 5.95. The minimum atomic E-state index is -1.44. The van der Waals surface area contributed by atoms with Crippen LogP contribution in [-0.2, 0) is 25.6 Å². The lowest BCUT2D eigenvalue weighted by atomic mass is 10.0. The number of aliphatic hydroxyl groups excluding tert-OH is 1. The van der Waals surface area contributed by atoms with E-state index < -0.39 is 48.0 Å². The normalized spacial score (nSPS) is 23.1. The van der Waals surface area contributed by atoms with Crippen LogP contribution in [0.5, 0.6) is 0 Å². The lowest BCUT2D eigenvalue weighted by Gasteiger charge is -2.33. The molecule has 0 spiro atoms. The second-order valence-corrected chi connectivity index (χ2v) is 8.81. The van der Waals surface area contributed by atoms with Crippen LogP contribution in [0.4, 0.5) is 0 Å². The zero-order valence-electron chi connectivity index (χ0n) is 18.9. The average Bonchev–Trinajstić information content (AvgIpc) is 3.48. The first-order valence-electron chi connectivity index (χ1n) is 11.4. The SMILES string of the molecule is C[C@@H](NC(=O)[C@H]1CCCN1C(=O)[C@H]1CCCN1C(=O)[C@@H](O)[C@@H](N)Cc1ccccc1)C(N)=O. The number of hydrogen-bond donors (Lipinski definition) is 4. The van der Waals surface area contributed by atoms with E-state index in [1.54, 1.807) is 0 Å². The second kappa shape index (κ2) is 10.8. The van der Waals surface area contributed by atoms with E-state index in [-0.39, 0.29) is 5.91 Å². The lowest BCUT2D eigenvalue weighted by Crippen LogP contribution is -2.57. The molecule has 0 radical (unpaired) electrons. The molecule has 4 amide bonds. The van der Waals surface area contributed by atoms with E-state index in [4.69, 9.17) is 11.5 Å². The molecule has 0 saturated carbocycles. The van der Waals surface area contributed by atoms with E-state index in [1.165, 1.54) is 16.7 Å². The number of carbonyl (C=O) groups excluding carboxylic acids is 4. The van der Waals surface area contributed by atoms with Crippen molar-refractivity contribution in [3.05, 3.63) is 35.9 Å². The molecule has 2 fully saturated rings. The number of primary amides is 1. The lowest BCUT2D eigenvalue weighted by molar-refractivity contribution is -0.151. The second-order valence-electron chi connectivity index (χ2n) is 8.81. The van der Waals surface area contributed by atoms with Gasteiger partial charge in [0.25, 0.3) is 5.91 Å². The van der Waals surface area contributed by atoms with Crippen LogP contribution < -0.4 is 16.8 Å². The van der Waals surface area contributed by atoms with Crippen LogP contribution in [0.1, 0.15) is 38.2 Å². The molecule has 10 heteroatoms. The summed E-state index contributed by atoms with van der Waals surface area (Å²) in [6.07, 6.45) is 1.06. The summed E-state index contributed by atoms with van der Waals surface area (Å²) in [6, 6.07) is 6.21. The Kier molecular flexibility index (Phi) is 8.04. The third-order valence-corrected chi connectivity index (χ3v) is 6.42. The van der Waals surface area contributed by atoms with Crippen molar-refractivity contribution in [2.75, 3.05) is 13.1 Å². The van der Waals surface area contributed by atoms with Gasteiger partial charge in [-0.05, 0) is 44.6 Å². The predicted molar refractivity (Wildman–Crippen MR) is 120 cm³/mol. The quantitative estimate of drug-likeness (QED) is 0.386. The first kappa shape index (κ1) is 24.7. The van der Waals surface area contributed by atoms with E-state index >= 15 is 0 Å². The Bertz CT molecular complexity index is 879. The Morgan fingerprint density at radius 1 is 1.06 bits per heavy atom. The van der Waals surface area contributed by atoms with E-state index in [0.29, 0.717) is 45.2 Å². The van der Waals surface area contributed by atoms with Crippen molar-refractivity contribution >= 4 is 23.6 Å². The highest BCUT2D eigenvalue weighted by Gasteiger charge is 2.44. The molecule has 180 valence electrons. The van der Waals surface area contributed by atoms with Gasteiger partial charge in [0, 0.05) is 19.1 Å². The Labute approximate surface area is 193 Å². The number of carbonyl (C=O) groups is 4. The molecule has 2 saturated heterocycles. The van der Waals surface area contributed by atoms with Crippen LogP contribution >= 0.6 is 0 Å². The van der Waals surface area contributed by atoms with Crippen molar-refractivity contribution in [1.82, 2.24) is 15.1 Å². The van der Waals surface area contributed by atoms with Crippen LogP contribution in [0.2, 0.25) is 0 Å². The predicted octanol–water partition coefficient (Wildman–Crippen LogP) is -1.11. The minimum absolute atomic E-state index is 0.325. The first-order chi connectivity index (χ1) is 15.7. The molecule has 10 nitrogen and oxygen atoms in total. The van der Waals surface area contributed by atoms with E-state index in [1.807, 2.05) is 30.3 Å². The number of benzene rings is 1.